The van der Waals surface area contributed by atoms with Crippen molar-refractivity contribution in [1.82, 2.24) is 10.2 Å². The van der Waals surface area contributed by atoms with Gasteiger partial charge < -0.3 is 20.1 Å². The van der Waals surface area contributed by atoms with Gasteiger partial charge in [-0.2, -0.15) is 0 Å². The Hall–Kier alpha value is -2.21. The van der Waals surface area contributed by atoms with Crippen LogP contribution in [0.2, 0.25) is 5.02 Å². The first kappa shape index (κ1) is 20.5. The third-order valence-electron chi connectivity index (χ3n) is 5.44. The van der Waals surface area contributed by atoms with Gasteiger partial charge in [-0.25, -0.2) is 4.79 Å². The van der Waals surface area contributed by atoms with Crippen molar-refractivity contribution >= 4 is 23.6 Å². The molecular weight excluding hydrogens is 380 g/mol. The first-order valence-corrected chi connectivity index (χ1v) is 10.3. The fourth-order valence-electron chi connectivity index (χ4n) is 3.89. The van der Waals surface area contributed by atoms with Crippen LogP contribution < -0.4 is 10.1 Å². The molecule has 1 atom stereocenters. The van der Waals surface area contributed by atoms with Crippen LogP contribution in [0.5, 0.6) is 5.75 Å². The number of carbonyl (C=O) groups is 2. The second kappa shape index (κ2) is 8.86. The summed E-state index contributed by atoms with van der Waals surface area (Å²) in [5, 5.41) is 12.6. The fourth-order valence-corrected chi connectivity index (χ4v) is 4.13. The predicted octanol–water partition coefficient (Wildman–Crippen LogP) is 4.67. The van der Waals surface area contributed by atoms with Gasteiger partial charge in [0, 0.05) is 12.7 Å². The highest BCUT2D eigenvalue weighted by atomic mass is 35.5. The zero-order valence-electron chi connectivity index (χ0n) is 16.2. The number of fused-ring (bicyclic) bond motifs is 1. The number of amides is 2. The average molecular weight is 407 g/mol. The minimum atomic E-state index is -0.919. The molecular formula is C21H27ClN2O4. The topological polar surface area (TPSA) is 78.9 Å². The number of urea groups is 1. The largest absolute Gasteiger partial charge is 0.492 e. The molecule has 0 aromatic heterocycles. The number of carboxylic acids is 1. The van der Waals surface area contributed by atoms with Crippen molar-refractivity contribution in [3.8, 4) is 5.75 Å². The van der Waals surface area contributed by atoms with Crippen molar-refractivity contribution in [2.24, 2.45) is 0 Å². The molecule has 2 amide bonds. The minimum Gasteiger partial charge on any atom is -0.492 e. The third-order valence-corrected chi connectivity index (χ3v) is 5.73. The standard InChI is InChI=1S/C21H27ClN2O4/c1-2-3-12-28-18-8-7-15(13-17(18)22)21-10-5-4-6-16(21)14-24(20(27)23-21)11-9-19(25)26/h7-8,13-14H,2-6,9-12H2,1H3,(H,23,27)(H,25,26). The average Bonchev–Trinajstić information content (AvgIpc) is 2.67. The smallest absolute Gasteiger partial charge is 0.322 e. The summed E-state index contributed by atoms with van der Waals surface area (Å²) in [4.78, 5) is 25.0. The van der Waals surface area contributed by atoms with Crippen LogP contribution in [0.1, 0.15) is 57.4 Å². The van der Waals surface area contributed by atoms with E-state index < -0.39 is 11.5 Å². The molecule has 2 aliphatic rings. The number of nitrogens with zero attached hydrogens (tertiary/aromatic N) is 1. The van der Waals surface area contributed by atoms with Gasteiger partial charge in [0.2, 0.25) is 0 Å². The Morgan fingerprint density at radius 1 is 1.39 bits per heavy atom. The predicted molar refractivity (Wildman–Crippen MR) is 108 cm³/mol. The van der Waals surface area contributed by atoms with Crippen LogP contribution in [0, 0.1) is 0 Å². The molecule has 0 saturated heterocycles. The lowest BCUT2D eigenvalue weighted by molar-refractivity contribution is -0.137. The van der Waals surface area contributed by atoms with Gasteiger partial charge in [0.15, 0.2) is 0 Å². The van der Waals surface area contributed by atoms with E-state index in [2.05, 4.69) is 12.2 Å². The van der Waals surface area contributed by atoms with E-state index in [1.807, 2.05) is 24.4 Å². The van der Waals surface area contributed by atoms with Gasteiger partial charge in [0.05, 0.1) is 23.6 Å². The number of ether oxygens (including phenoxy) is 1. The van der Waals surface area contributed by atoms with Crippen LogP contribution in [-0.2, 0) is 10.3 Å². The number of nitrogens with one attached hydrogen (secondary N) is 1. The molecule has 1 heterocycles. The highest BCUT2D eigenvalue weighted by Gasteiger charge is 2.43. The Labute approximate surface area is 170 Å². The second-order valence-corrected chi connectivity index (χ2v) is 7.79. The van der Waals surface area contributed by atoms with Gasteiger partial charge in [-0.3, -0.25) is 4.79 Å². The van der Waals surface area contributed by atoms with E-state index in [4.69, 9.17) is 21.4 Å². The molecule has 152 valence electrons. The highest BCUT2D eigenvalue weighted by molar-refractivity contribution is 6.32. The maximum Gasteiger partial charge on any atom is 0.322 e. The summed E-state index contributed by atoms with van der Waals surface area (Å²) >= 11 is 6.47. The van der Waals surface area contributed by atoms with E-state index in [1.54, 1.807) is 0 Å². The molecule has 0 bridgehead atoms. The molecule has 1 aliphatic carbocycles. The summed E-state index contributed by atoms with van der Waals surface area (Å²) in [6.07, 6.45) is 7.47. The third kappa shape index (κ3) is 4.27. The number of hydrogen-bond donors (Lipinski definition) is 2. The quantitative estimate of drug-likeness (QED) is 0.615. The Morgan fingerprint density at radius 3 is 2.93 bits per heavy atom. The Morgan fingerprint density at radius 2 is 2.21 bits per heavy atom. The monoisotopic (exact) mass is 406 g/mol. The number of halogens is 1. The minimum absolute atomic E-state index is 0.0835. The molecule has 1 aromatic carbocycles. The second-order valence-electron chi connectivity index (χ2n) is 7.38. The Balaban J connectivity index is 1.88. The van der Waals surface area contributed by atoms with E-state index in [9.17, 15) is 9.59 Å². The van der Waals surface area contributed by atoms with Crippen molar-refractivity contribution in [2.75, 3.05) is 13.2 Å². The molecule has 0 spiro atoms. The molecule has 7 heteroatoms. The molecule has 1 aliphatic heterocycles. The maximum absolute atomic E-state index is 12.7. The summed E-state index contributed by atoms with van der Waals surface area (Å²) in [5.74, 6) is -0.265. The van der Waals surface area contributed by atoms with E-state index in [0.717, 1.165) is 49.7 Å². The lowest BCUT2D eigenvalue weighted by atomic mass is 9.72. The van der Waals surface area contributed by atoms with Crippen LogP contribution >= 0.6 is 11.6 Å². The van der Waals surface area contributed by atoms with Crippen LogP contribution in [0.15, 0.2) is 30.0 Å². The van der Waals surface area contributed by atoms with Gasteiger partial charge in [-0.15, -0.1) is 0 Å². The van der Waals surface area contributed by atoms with Crippen molar-refractivity contribution in [1.29, 1.82) is 0 Å². The summed E-state index contributed by atoms with van der Waals surface area (Å²) in [7, 11) is 0. The zero-order valence-corrected chi connectivity index (χ0v) is 16.9. The summed E-state index contributed by atoms with van der Waals surface area (Å²) < 4.78 is 5.75. The number of unbranched alkanes of at least 4 members (excludes halogenated alkanes) is 1. The molecule has 28 heavy (non-hydrogen) atoms. The molecule has 1 saturated carbocycles. The molecule has 6 nitrogen and oxygen atoms in total. The van der Waals surface area contributed by atoms with Crippen LogP contribution in [0.25, 0.3) is 0 Å². The molecule has 3 rings (SSSR count). The Kier molecular flexibility index (Phi) is 6.50. The highest BCUT2D eigenvalue weighted by Crippen LogP contribution is 2.45. The van der Waals surface area contributed by atoms with Crippen molar-refractivity contribution in [2.45, 2.75) is 57.4 Å². The molecule has 1 fully saturated rings. The number of carbonyl (C=O) groups excluding carboxylic acids is 1. The van der Waals surface area contributed by atoms with Gasteiger partial charge in [0.1, 0.15) is 5.75 Å². The summed E-state index contributed by atoms with van der Waals surface area (Å²) in [6, 6.07) is 5.46. The van der Waals surface area contributed by atoms with Gasteiger partial charge >= 0.3 is 12.0 Å². The fraction of sp³-hybridized carbons (Fsp3) is 0.524. The van der Waals surface area contributed by atoms with Crippen LogP contribution in [-0.4, -0.2) is 35.2 Å². The number of rotatable bonds is 8. The zero-order chi connectivity index (χ0) is 20.1. The Bertz CT molecular complexity index is 780. The molecule has 2 N–H and O–H groups in total. The SMILES string of the molecule is CCCCOc1ccc(C23CCCCC2=CN(CCC(=O)O)C(=O)N3)cc1Cl. The van der Waals surface area contributed by atoms with Gasteiger partial charge in [-0.1, -0.05) is 37.4 Å². The summed E-state index contributed by atoms with van der Waals surface area (Å²) in [5.41, 5.74) is 1.46. The molecule has 1 unspecified atom stereocenters. The van der Waals surface area contributed by atoms with Crippen LogP contribution in [0.4, 0.5) is 4.79 Å². The number of hydrogen-bond acceptors (Lipinski definition) is 3. The maximum atomic E-state index is 12.7. The van der Waals surface area contributed by atoms with Gasteiger partial charge in [0.25, 0.3) is 0 Å². The van der Waals surface area contributed by atoms with Crippen molar-refractivity contribution < 1.29 is 19.4 Å². The van der Waals surface area contributed by atoms with Gasteiger partial charge in [-0.05, 0) is 49.0 Å². The number of carboxylic acid groups (broad SMARTS) is 1. The lowest BCUT2D eigenvalue weighted by Crippen LogP contribution is -2.56. The van der Waals surface area contributed by atoms with Crippen molar-refractivity contribution in [3.63, 3.8) is 0 Å². The lowest BCUT2D eigenvalue weighted by Gasteiger charge is -2.45. The van der Waals surface area contributed by atoms with E-state index in [0.29, 0.717) is 17.4 Å². The number of aliphatic carboxylic acids is 1. The molecule has 0 radical (unpaired) electrons. The molecule has 1 aromatic rings. The first-order chi connectivity index (χ1) is 13.5. The summed E-state index contributed by atoms with van der Waals surface area (Å²) in [6.45, 7) is 2.89. The van der Waals surface area contributed by atoms with E-state index >= 15 is 0 Å². The first-order valence-electron chi connectivity index (χ1n) is 9.91. The van der Waals surface area contributed by atoms with Crippen LogP contribution in [0.3, 0.4) is 0 Å². The van der Waals surface area contributed by atoms with Crippen molar-refractivity contribution in [3.05, 3.63) is 40.6 Å². The number of benzene rings is 1. The van der Waals surface area contributed by atoms with E-state index in [-0.39, 0.29) is 19.0 Å². The van der Waals surface area contributed by atoms with E-state index in [1.165, 1.54) is 4.90 Å². The normalized spacial score (nSPS) is 21.6.